The Bertz CT molecular complexity index is 653. The van der Waals surface area contributed by atoms with Crippen molar-refractivity contribution in [1.29, 1.82) is 0 Å². The molecule has 2 aromatic rings. The zero-order valence-electron chi connectivity index (χ0n) is 9.37. The van der Waals surface area contributed by atoms with Gasteiger partial charge in [-0.1, -0.05) is 11.6 Å². The van der Waals surface area contributed by atoms with Gasteiger partial charge in [0.2, 0.25) is 5.91 Å². The molecular formula is C11H11ClN4O2. The third kappa shape index (κ3) is 2.85. The molecule has 0 saturated carbocycles. The number of aromatic amines is 1. The van der Waals surface area contributed by atoms with Gasteiger partial charge in [-0.3, -0.25) is 9.59 Å². The number of H-pyrrole nitrogens is 1. The van der Waals surface area contributed by atoms with Crippen LogP contribution in [0.5, 0.6) is 0 Å². The average molecular weight is 267 g/mol. The second kappa shape index (κ2) is 5.16. The molecule has 0 aliphatic heterocycles. The van der Waals surface area contributed by atoms with Gasteiger partial charge in [-0.15, -0.1) is 0 Å². The molecule has 0 aliphatic rings. The monoisotopic (exact) mass is 266 g/mol. The van der Waals surface area contributed by atoms with E-state index in [0.717, 1.165) is 0 Å². The van der Waals surface area contributed by atoms with E-state index < -0.39 is 5.91 Å². The summed E-state index contributed by atoms with van der Waals surface area (Å²) in [6.45, 7) is 0.276. The van der Waals surface area contributed by atoms with Gasteiger partial charge in [0.25, 0.3) is 5.56 Å². The maximum Gasteiger partial charge on any atom is 0.258 e. The number of nitrogens with one attached hydrogen (secondary N) is 2. The predicted molar refractivity (Wildman–Crippen MR) is 68.3 cm³/mol. The number of halogens is 1. The van der Waals surface area contributed by atoms with Crippen molar-refractivity contribution >= 4 is 28.4 Å². The molecule has 1 heterocycles. The van der Waals surface area contributed by atoms with Crippen LogP contribution in [0.2, 0.25) is 5.02 Å². The number of hydrogen-bond acceptors (Lipinski definition) is 4. The molecule has 0 fully saturated rings. The SMILES string of the molecule is NC(=O)CNCc1nc2cc(Cl)ccc2c(=O)[nH]1. The first kappa shape index (κ1) is 12.5. The first-order valence-electron chi connectivity index (χ1n) is 5.24. The fourth-order valence-electron chi connectivity index (χ4n) is 1.55. The summed E-state index contributed by atoms with van der Waals surface area (Å²) in [5.74, 6) is -0.0443. The van der Waals surface area contributed by atoms with Crippen LogP contribution in [-0.4, -0.2) is 22.4 Å². The fraction of sp³-hybridized carbons (Fsp3) is 0.182. The number of rotatable bonds is 4. The van der Waals surface area contributed by atoms with Gasteiger partial charge in [0.1, 0.15) is 5.82 Å². The van der Waals surface area contributed by atoms with Crippen LogP contribution in [0.25, 0.3) is 10.9 Å². The number of primary amides is 1. The van der Waals surface area contributed by atoms with Gasteiger partial charge < -0.3 is 16.0 Å². The lowest BCUT2D eigenvalue weighted by Crippen LogP contribution is -2.29. The maximum atomic E-state index is 11.7. The minimum absolute atomic E-state index is 0.0251. The van der Waals surface area contributed by atoms with Crippen LogP contribution >= 0.6 is 11.6 Å². The van der Waals surface area contributed by atoms with E-state index in [1.54, 1.807) is 18.2 Å². The van der Waals surface area contributed by atoms with Crippen LogP contribution < -0.4 is 16.6 Å². The highest BCUT2D eigenvalue weighted by Crippen LogP contribution is 2.14. The zero-order chi connectivity index (χ0) is 13.1. The highest BCUT2D eigenvalue weighted by molar-refractivity contribution is 6.31. The highest BCUT2D eigenvalue weighted by atomic mass is 35.5. The zero-order valence-corrected chi connectivity index (χ0v) is 10.1. The highest BCUT2D eigenvalue weighted by Gasteiger charge is 2.04. The summed E-state index contributed by atoms with van der Waals surface area (Å²) in [5, 5.41) is 3.75. The summed E-state index contributed by atoms with van der Waals surface area (Å²) in [4.78, 5) is 29.2. The lowest BCUT2D eigenvalue weighted by molar-refractivity contribution is -0.117. The Labute approximate surface area is 107 Å². The van der Waals surface area contributed by atoms with Crippen LogP contribution in [0.3, 0.4) is 0 Å². The lowest BCUT2D eigenvalue weighted by Gasteiger charge is -2.04. The number of carbonyl (C=O) groups excluding carboxylic acids is 1. The van der Waals surface area contributed by atoms with Gasteiger partial charge in [0.15, 0.2) is 0 Å². The molecule has 0 bridgehead atoms. The largest absolute Gasteiger partial charge is 0.369 e. The molecule has 18 heavy (non-hydrogen) atoms. The molecule has 0 spiro atoms. The van der Waals surface area contributed by atoms with Crippen molar-refractivity contribution < 1.29 is 4.79 Å². The normalized spacial score (nSPS) is 10.7. The minimum atomic E-state index is -0.471. The van der Waals surface area contributed by atoms with Crippen LogP contribution in [-0.2, 0) is 11.3 Å². The summed E-state index contributed by atoms with van der Waals surface area (Å²) < 4.78 is 0. The Hall–Kier alpha value is -1.92. The molecule has 7 heteroatoms. The van der Waals surface area contributed by atoms with Crippen molar-refractivity contribution in [2.24, 2.45) is 5.73 Å². The van der Waals surface area contributed by atoms with Gasteiger partial charge in [-0.05, 0) is 18.2 Å². The fourth-order valence-corrected chi connectivity index (χ4v) is 1.72. The summed E-state index contributed by atoms with van der Waals surface area (Å²) in [6.07, 6.45) is 0. The maximum absolute atomic E-state index is 11.7. The first-order valence-corrected chi connectivity index (χ1v) is 5.61. The van der Waals surface area contributed by atoms with E-state index in [1.807, 2.05) is 0 Å². The van der Waals surface area contributed by atoms with E-state index in [1.165, 1.54) is 0 Å². The Balaban J connectivity index is 2.30. The van der Waals surface area contributed by atoms with E-state index in [-0.39, 0.29) is 18.6 Å². The van der Waals surface area contributed by atoms with E-state index in [4.69, 9.17) is 17.3 Å². The van der Waals surface area contributed by atoms with Crippen LogP contribution in [0.15, 0.2) is 23.0 Å². The average Bonchev–Trinajstić information content (AvgIpc) is 2.27. The summed E-state index contributed by atoms with van der Waals surface area (Å²) in [6, 6.07) is 4.86. The summed E-state index contributed by atoms with van der Waals surface area (Å²) >= 11 is 5.84. The van der Waals surface area contributed by atoms with E-state index in [9.17, 15) is 9.59 Å². The quantitative estimate of drug-likeness (QED) is 0.733. The Kier molecular flexibility index (Phi) is 3.59. The van der Waals surface area contributed by atoms with Crippen molar-refractivity contribution in [1.82, 2.24) is 15.3 Å². The molecule has 94 valence electrons. The summed E-state index contributed by atoms with van der Waals surface area (Å²) in [7, 11) is 0. The molecule has 0 radical (unpaired) electrons. The lowest BCUT2D eigenvalue weighted by atomic mass is 10.2. The smallest absolute Gasteiger partial charge is 0.258 e. The van der Waals surface area contributed by atoms with Crippen molar-refractivity contribution in [2.75, 3.05) is 6.54 Å². The predicted octanol–water partition coefficient (Wildman–Crippen LogP) is 0.151. The van der Waals surface area contributed by atoms with E-state index >= 15 is 0 Å². The van der Waals surface area contributed by atoms with Crippen LogP contribution in [0.1, 0.15) is 5.82 Å². The van der Waals surface area contributed by atoms with Crippen molar-refractivity contribution in [3.05, 3.63) is 39.4 Å². The molecule has 0 aliphatic carbocycles. The molecule has 1 aromatic heterocycles. The van der Waals surface area contributed by atoms with Crippen molar-refractivity contribution in [2.45, 2.75) is 6.54 Å². The van der Waals surface area contributed by atoms with E-state index in [0.29, 0.717) is 21.7 Å². The second-order valence-electron chi connectivity index (χ2n) is 3.74. The minimum Gasteiger partial charge on any atom is -0.369 e. The number of amides is 1. The van der Waals surface area contributed by atoms with Crippen molar-refractivity contribution in [3.8, 4) is 0 Å². The molecule has 1 aromatic carbocycles. The standard InChI is InChI=1S/C11H11ClN4O2/c12-6-1-2-7-8(3-6)15-10(16-11(7)18)5-14-4-9(13)17/h1-3,14H,4-5H2,(H2,13,17)(H,15,16,18). The Morgan fingerprint density at radius 1 is 1.50 bits per heavy atom. The summed E-state index contributed by atoms with van der Waals surface area (Å²) in [5.41, 5.74) is 5.26. The van der Waals surface area contributed by atoms with Gasteiger partial charge in [-0.2, -0.15) is 0 Å². The molecule has 6 nitrogen and oxygen atoms in total. The molecule has 0 unspecified atom stereocenters. The Morgan fingerprint density at radius 3 is 3.00 bits per heavy atom. The van der Waals surface area contributed by atoms with Gasteiger partial charge in [0, 0.05) is 5.02 Å². The number of nitrogens with zero attached hydrogens (tertiary/aromatic N) is 1. The van der Waals surface area contributed by atoms with Gasteiger partial charge in [-0.25, -0.2) is 4.98 Å². The molecule has 0 atom stereocenters. The number of fused-ring (bicyclic) bond motifs is 1. The van der Waals surface area contributed by atoms with Crippen LogP contribution in [0.4, 0.5) is 0 Å². The van der Waals surface area contributed by atoms with Crippen molar-refractivity contribution in [3.63, 3.8) is 0 Å². The van der Waals surface area contributed by atoms with Crippen LogP contribution in [0, 0.1) is 0 Å². The second-order valence-corrected chi connectivity index (χ2v) is 4.18. The number of hydrogen-bond donors (Lipinski definition) is 3. The van der Waals surface area contributed by atoms with Gasteiger partial charge in [0.05, 0.1) is 24.0 Å². The third-order valence-corrected chi connectivity index (χ3v) is 2.54. The molecular weight excluding hydrogens is 256 g/mol. The number of benzene rings is 1. The first-order chi connectivity index (χ1) is 8.56. The third-order valence-electron chi connectivity index (χ3n) is 2.31. The number of aromatic nitrogens is 2. The van der Waals surface area contributed by atoms with Gasteiger partial charge >= 0.3 is 0 Å². The molecule has 1 amide bonds. The molecule has 4 N–H and O–H groups in total. The molecule has 2 rings (SSSR count). The number of nitrogens with two attached hydrogens (primary N) is 1. The van der Waals surface area contributed by atoms with E-state index in [2.05, 4.69) is 15.3 Å². The molecule has 0 saturated heterocycles. The Morgan fingerprint density at radius 2 is 2.28 bits per heavy atom. The topological polar surface area (TPSA) is 101 Å². The number of carbonyl (C=O) groups is 1.